The monoisotopic (exact) mass is 183 g/mol. The molecule has 1 heterocycles. The van der Waals surface area contributed by atoms with Crippen LogP contribution in [0, 0.1) is 11.8 Å². The molecule has 2 nitrogen and oxygen atoms in total. The molecule has 0 aromatic rings. The van der Waals surface area contributed by atoms with Crippen LogP contribution in [0.3, 0.4) is 0 Å². The smallest absolute Gasteiger partial charge is 0.0569 e. The number of nitrogens with one attached hydrogen (secondary N) is 1. The highest BCUT2D eigenvalue weighted by molar-refractivity contribution is 4.79. The van der Waals surface area contributed by atoms with Gasteiger partial charge in [-0.2, -0.15) is 0 Å². The van der Waals surface area contributed by atoms with Gasteiger partial charge in [0.1, 0.15) is 0 Å². The molecule has 76 valence electrons. The van der Waals surface area contributed by atoms with Crippen molar-refractivity contribution in [3.8, 4) is 0 Å². The van der Waals surface area contributed by atoms with Gasteiger partial charge in [-0.3, -0.25) is 0 Å². The van der Waals surface area contributed by atoms with Crippen molar-refractivity contribution in [3.63, 3.8) is 0 Å². The summed E-state index contributed by atoms with van der Waals surface area (Å²) in [5.41, 5.74) is 0. The zero-order valence-electron chi connectivity index (χ0n) is 8.34. The summed E-state index contributed by atoms with van der Waals surface area (Å²) in [7, 11) is 0. The van der Waals surface area contributed by atoms with Crippen molar-refractivity contribution in [2.24, 2.45) is 11.8 Å². The van der Waals surface area contributed by atoms with Crippen LogP contribution in [-0.2, 0) is 0 Å². The number of hydrogen-bond donors (Lipinski definition) is 2. The van der Waals surface area contributed by atoms with E-state index < -0.39 is 0 Å². The van der Waals surface area contributed by atoms with E-state index in [1.54, 1.807) is 0 Å². The molecule has 2 aliphatic rings. The van der Waals surface area contributed by atoms with Gasteiger partial charge in [0.2, 0.25) is 0 Å². The molecule has 2 N–H and O–H groups in total. The molecule has 2 fully saturated rings. The Kier molecular flexibility index (Phi) is 3.23. The van der Waals surface area contributed by atoms with Crippen LogP contribution < -0.4 is 5.32 Å². The molecule has 1 aliphatic heterocycles. The Morgan fingerprint density at radius 3 is 2.46 bits per heavy atom. The summed E-state index contributed by atoms with van der Waals surface area (Å²) in [6.45, 7) is 2.20. The van der Waals surface area contributed by atoms with Crippen molar-refractivity contribution in [1.29, 1.82) is 0 Å². The quantitative estimate of drug-likeness (QED) is 0.693. The van der Waals surface area contributed by atoms with Gasteiger partial charge < -0.3 is 10.4 Å². The summed E-state index contributed by atoms with van der Waals surface area (Å²) in [6.07, 6.45) is 7.48. The van der Waals surface area contributed by atoms with Crippen LogP contribution in [-0.4, -0.2) is 24.3 Å². The second kappa shape index (κ2) is 4.43. The maximum atomic E-state index is 9.92. The summed E-state index contributed by atoms with van der Waals surface area (Å²) in [6, 6.07) is 0. The first-order valence-corrected chi connectivity index (χ1v) is 5.75. The van der Waals surface area contributed by atoms with Crippen molar-refractivity contribution in [3.05, 3.63) is 0 Å². The molecule has 0 amide bonds. The molecule has 0 aromatic carbocycles. The Morgan fingerprint density at radius 1 is 1.15 bits per heavy atom. The van der Waals surface area contributed by atoms with E-state index in [-0.39, 0.29) is 6.10 Å². The normalized spacial score (nSPS) is 27.5. The van der Waals surface area contributed by atoms with Gasteiger partial charge in [-0.1, -0.05) is 12.8 Å². The topological polar surface area (TPSA) is 32.3 Å². The van der Waals surface area contributed by atoms with Crippen molar-refractivity contribution in [2.75, 3.05) is 13.1 Å². The number of aliphatic hydroxyl groups excluding tert-OH is 1. The SMILES string of the molecule is OC(CCC1CC1)C1CCNCC1. The highest BCUT2D eigenvalue weighted by atomic mass is 16.3. The van der Waals surface area contributed by atoms with Crippen molar-refractivity contribution >= 4 is 0 Å². The number of piperidine rings is 1. The van der Waals surface area contributed by atoms with Gasteiger partial charge >= 0.3 is 0 Å². The fourth-order valence-electron chi connectivity index (χ4n) is 2.28. The maximum Gasteiger partial charge on any atom is 0.0569 e. The molecule has 1 atom stereocenters. The van der Waals surface area contributed by atoms with E-state index in [1.807, 2.05) is 0 Å². The summed E-state index contributed by atoms with van der Waals surface area (Å²) in [5.74, 6) is 1.55. The van der Waals surface area contributed by atoms with Crippen LogP contribution >= 0.6 is 0 Å². The average molecular weight is 183 g/mol. The molecule has 1 saturated carbocycles. The third-order valence-corrected chi connectivity index (χ3v) is 3.50. The summed E-state index contributed by atoms with van der Waals surface area (Å²) in [5, 5.41) is 13.3. The third kappa shape index (κ3) is 2.96. The van der Waals surface area contributed by atoms with E-state index in [0.29, 0.717) is 5.92 Å². The molecule has 1 unspecified atom stereocenters. The molecular weight excluding hydrogens is 162 g/mol. The highest BCUT2D eigenvalue weighted by Crippen LogP contribution is 2.35. The lowest BCUT2D eigenvalue weighted by Gasteiger charge is -2.27. The first-order valence-electron chi connectivity index (χ1n) is 5.75. The van der Waals surface area contributed by atoms with Gasteiger partial charge in [-0.05, 0) is 50.6 Å². The van der Waals surface area contributed by atoms with Crippen LogP contribution in [0.4, 0.5) is 0 Å². The molecule has 2 rings (SSSR count). The van der Waals surface area contributed by atoms with Crippen molar-refractivity contribution in [1.82, 2.24) is 5.32 Å². The van der Waals surface area contributed by atoms with E-state index in [9.17, 15) is 5.11 Å². The Labute approximate surface area is 80.7 Å². The minimum absolute atomic E-state index is 0.0114. The van der Waals surface area contributed by atoms with Gasteiger partial charge in [0, 0.05) is 0 Å². The fourth-order valence-corrected chi connectivity index (χ4v) is 2.28. The number of rotatable bonds is 4. The highest BCUT2D eigenvalue weighted by Gasteiger charge is 2.25. The summed E-state index contributed by atoms with van der Waals surface area (Å²) < 4.78 is 0. The zero-order valence-corrected chi connectivity index (χ0v) is 8.34. The predicted molar refractivity (Wildman–Crippen MR) is 53.6 cm³/mol. The molecule has 0 radical (unpaired) electrons. The van der Waals surface area contributed by atoms with E-state index >= 15 is 0 Å². The van der Waals surface area contributed by atoms with Crippen LogP contribution in [0.15, 0.2) is 0 Å². The Morgan fingerprint density at radius 2 is 1.85 bits per heavy atom. The molecule has 1 saturated heterocycles. The van der Waals surface area contributed by atoms with Gasteiger partial charge in [-0.25, -0.2) is 0 Å². The van der Waals surface area contributed by atoms with E-state index in [4.69, 9.17) is 0 Å². The van der Waals surface area contributed by atoms with E-state index in [2.05, 4.69) is 5.32 Å². The first-order chi connectivity index (χ1) is 6.36. The van der Waals surface area contributed by atoms with Crippen LogP contribution in [0.25, 0.3) is 0 Å². The lowest BCUT2D eigenvalue weighted by molar-refractivity contribution is 0.0778. The molecule has 2 heteroatoms. The Hall–Kier alpha value is -0.0800. The lowest BCUT2D eigenvalue weighted by atomic mass is 9.89. The van der Waals surface area contributed by atoms with E-state index in [1.165, 1.54) is 32.1 Å². The largest absolute Gasteiger partial charge is 0.393 e. The summed E-state index contributed by atoms with van der Waals surface area (Å²) >= 11 is 0. The Bertz CT molecular complexity index is 150. The molecule has 13 heavy (non-hydrogen) atoms. The van der Waals surface area contributed by atoms with Crippen LogP contribution in [0.1, 0.15) is 38.5 Å². The Balaban J connectivity index is 1.64. The zero-order chi connectivity index (χ0) is 9.10. The van der Waals surface area contributed by atoms with Crippen LogP contribution in [0.5, 0.6) is 0 Å². The predicted octanol–water partition coefficient (Wildman–Crippen LogP) is 1.54. The van der Waals surface area contributed by atoms with Gasteiger partial charge in [0.05, 0.1) is 6.10 Å². The second-order valence-corrected chi connectivity index (χ2v) is 4.68. The minimum atomic E-state index is -0.0114. The summed E-state index contributed by atoms with van der Waals surface area (Å²) in [4.78, 5) is 0. The third-order valence-electron chi connectivity index (χ3n) is 3.50. The van der Waals surface area contributed by atoms with Gasteiger partial charge in [0.25, 0.3) is 0 Å². The number of aliphatic hydroxyl groups is 1. The van der Waals surface area contributed by atoms with Gasteiger partial charge in [-0.15, -0.1) is 0 Å². The van der Waals surface area contributed by atoms with Crippen molar-refractivity contribution in [2.45, 2.75) is 44.6 Å². The lowest BCUT2D eigenvalue weighted by Crippen LogP contribution is -2.34. The van der Waals surface area contributed by atoms with Crippen LogP contribution in [0.2, 0.25) is 0 Å². The van der Waals surface area contributed by atoms with E-state index in [0.717, 1.165) is 25.4 Å². The van der Waals surface area contributed by atoms with Crippen molar-refractivity contribution < 1.29 is 5.11 Å². The molecule has 0 bridgehead atoms. The molecule has 0 aromatic heterocycles. The number of hydrogen-bond acceptors (Lipinski definition) is 2. The standard InChI is InChI=1S/C11H21NO/c13-11(4-3-9-1-2-9)10-5-7-12-8-6-10/h9-13H,1-8H2. The molecule has 0 spiro atoms. The maximum absolute atomic E-state index is 9.92. The molecule has 1 aliphatic carbocycles. The fraction of sp³-hybridized carbons (Fsp3) is 1.00. The second-order valence-electron chi connectivity index (χ2n) is 4.68. The van der Waals surface area contributed by atoms with Gasteiger partial charge in [0.15, 0.2) is 0 Å². The first kappa shape index (κ1) is 9.47. The average Bonchev–Trinajstić information content (AvgIpc) is 2.99. The minimum Gasteiger partial charge on any atom is -0.393 e. The molecular formula is C11H21NO.